The zero-order chi connectivity index (χ0) is 14.3. The summed E-state index contributed by atoms with van der Waals surface area (Å²) in [7, 11) is 0. The molecule has 1 fully saturated rings. The fraction of sp³-hybridized carbons (Fsp3) is 0.429. The van der Waals surface area contributed by atoms with Crippen molar-refractivity contribution in [1.29, 1.82) is 0 Å². The molecule has 2 heterocycles. The molecule has 6 heteroatoms. The number of hydrogen-bond donors (Lipinski definition) is 2. The third kappa shape index (κ3) is 2.04. The summed E-state index contributed by atoms with van der Waals surface area (Å²) in [5, 5.41) is 5.13. The third-order valence-electron chi connectivity index (χ3n) is 3.46. The van der Waals surface area contributed by atoms with E-state index in [0.717, 1.165) is 22.0 Å². The molecule has 0 bridgehead atoms. The van der Waals surface area contributed by atoms with Crippen LogP contribution >= 0.6 is 11.8 Å². The molecule has 1 aromatic rings. The van der Waals surface area contributed by atoms with Crippen LogP contribution in [0.3, 0.4) is 0 Å². The van der Waals surface area contributed by atoms with Crippen LogP contribution < -0.4 is 15.4 Å². The molecule has 1 unspecified atom stereocenters. The summed E-state index contributed by atoms with van der Waals surface area (Å²) >= 11 is 1.69. The first kappa shape index (κ1) is 13.3. The molecule has 1 atom stereocenters. The van der Waals surface area contributed by atoms with Crippen LogP contribution in [-0.4, -0.2) is 23.8 Å². The van der Waals surface area contributed by atoms with Gasteiger partial charge in [0, 0.05) is 16.2 Å². The first-order valence-corrected chi connectivity index (χ1v) is 7.57. The van der Waals surface area contributed by atoms with Gasteiger partial charge < -0.3 is 10.1 Å². The van der Waals surface area contributed by atoms with E-state index < -0.39 is 11.6 Å². The average Bonchev–Trinajstić information content (AvgIpc) is 2.65. The van der Waals surface area contributed by atoms with Gasteiger partial charge in [0.2, 0.25) is 0 Å². The molecule has 3 amide bonds. The lowest BCUT2D eigenvalue weighted by atomic mass is 9.86. The number of ether oxygens (including phenoxy) is 1. The summed E-state index contributed by atoms with van der Waals surface area (Å²) in [4.78, 5) is 24.7. The molecule has 0 saturated carbocycles. The van der Waals surface area contributed by atoms with E-state index in [1.807, 2.05) is 32.0 Å². The van der Waals surface area contributed by atoms with E-state index in [2.05, 4.69) is 10.6 Å². The van der Waals surface area contributed by atoms with Crippen LogP contribution in [0.2, 0.25) is 0 Å². The second kappa shape index (κ2) is 4.70. The van der Waals surface area contributed by atoms with Crippen LogP contribution in [-0.2, 0) is 10.3 Å². The maximum absolute atomic E-state index is 12.2. The maximum atomic E-state index is 12.2. The van der Waals surface area contributed by atoms with Crippen LogP contribution in [0.5, 0.6) is 5.75 Å². The van der Waals surface area contributed by atoms with Crippen LogP contribution in [0.25, 0.3) is 0 Å². The number of nitrogens with one attached hydrogen (secondary N) is 2. The minimum Gasteiger partial charge on any atom is -0.491 e. The van der Waals surface area contributed by atoms with Gasteiger partial charge in [0.15, 0.2) is 0 Å². The van der Waals surface area contributed by atoms with Crippen molar-refractivity contribution in [3.8, 4) is 5.75 Å². The highest BCUT2D eigenvalue weighted by atomic mass is 32.2. The second-order valence-corrected chi connectivity index (χ2v) is 6.37. The van der Waals surface area contributed by atoms with Gasteiger partial charge in [-0.2, -0.15) is 0 Å². The zero-order valence-electron chi connectivity index (χ0n) is 11.4. The van der Waals surface area contributed by atoms with Gasteiger partial charge >= 0.3 is 6.03 Å². The lowest BCUT2D eigenvalue weighted by Crippen LogP contribution is -2.46. The number of hydrogen-bond acceptors (Lipinski definition) is 4. The smallest absolute Gasteiger partial charge is 0.322 e. The van der Waals surface area contributed by atoms with Crippen molar-refractivity contribution >= 4 is 23.7 Å². The third-order valence-corrected chi connectivity index (χ3v) is 4.53. The van der Waals surface area contributed by atoms with Gasteiger partial charge in [-0.3, -0.25) is 10.1 Å². The Bertz CT molecular complexity index is 588. The van der Waals surface area contributed by atoms with Crippen molar-refractivity contribution in [2.24, 2.45) is 0 Å². The summed E-state index contributed by atoms with van der Waals surface area (Å²) in [5.41, 5.74) is -0.108. The molecular weight excluding hydrogens is 276 g/mol. The zero-order valence-corrected chi connectivity index (χ0v) is 12.2. The molecule has 1 aromatic carbocycles. The predicted octanol–water partition coefficient (Wildman–Crippen LogP) is 2.00. The highest BCUT2D eigenvalue weighted by molar-refractivity contribution is 7.99. The number of imide groups is 1. The van der Waals surface area contributed by atoms with Crippen molar-refractivity contribution in [2.75, 3.05) is 5.75 Å². The van der Waals surface area contributed by atoms with E-state index in [1.54, 1.807) is 11.8 Å². The monoisotopic (exact) mass is 292 g/mol. The predicted molar refractivity (Wildman–Crippen MR) is 75.9 cm³/mol. The first-order valence-electron chi connectivity index (χ1n) is 6.59. The van der Waals surface area contributed by atoms with Gasteiger partial charge in [0.05, 0.1) is 6.10 Å². The van der Waals surface area contributed by atoms with Crippen molar-refractivity contribution in [3.63, 3.8) is 0 Å². The Morgan fingerprint density at radius 1 is 1.35 bits per heavy atom. The van der Waals surface area contributed by atoms with Gasteiger partial charge in [-0.05, 0) is 38.5 Å². The minimum atomic E-state index is -0.936. The molecule has 1 spiro atoms. The molecule has 0 aromatic heterocycles. The van der Waals surface area contributed by atoms with Crippen molar-refractivity contribution in [3.05, 3.63) is 23.8 Å². The van der Waals surface area contributed by atoms with Crippen LogP contribution in [0, 0.1) is 0 Å². The molecule has 0 radical (unpaired) electrons. The summed E-state index contributed by atoms with van der Waals surface area (Å²) < 4.78 is 5.69. The number of thioether (sulfide) groups is 1. The van der Waals surface area contributed by atoms with Gasteiger partial charge in [-0.1, -0.05) is 0 Å². The Labute approximate surface area is 121 Å². The van der Waals surface area contributed by atoms with E-state index >= 15 is 0 Å². The van der Waals surface area contributed by atoms with E-state index in [4.69, 9.17) is 4.74 Å². The number of amides is 3. The van der Waals surface area contributed by atoms with Crippen LogP contribution in [0.1, 0.15) is 25.8 Å². The lowest BCUT2D eigenvalue weighted by Gasteiger charge is -2.32. The largest absolute Gasteiger partial charge is 0.491 e. The van der Waals surface area contributed by atoms with E-state index in [-0.39, 0.29) is 12.0 Å². The van der Waals surface area contributed by atoms with E-state index in [1.165, 1.54) is 0 Å². The number of rotatable bonds is 2. The summed E-state index contributed by atoms with van der Waals surface area (Å²) in [6.07, 6.45) is 0.653. The molecule has 0 aliphatic carbocycles. The van der Waals surface area contributed by atoms with Gasteiger partial charge in [0.25, 0.3) is 5.91 Å². The fourth-order valence-corrected chi connectivity index (χ4v) is 3.80. The van der Waals surface area contributed by atoms with E-state index in [9.17, 15) is 9.59 Å². The fourth-order valence-electron chi connectivity index (χ4n) is 2.62. The average molecular weight is 292 g/mol. The topological polar surface area (TPSA) is 67.4 Å². The standard InChI is InChI=1S/C14H16N2O3S/c1-8(2)19-9-3-4-11-10(7-9)14(5-6-20-11)12(17)15-13(18)16-14/h3-4,7-8H,5-6H2,1-2H3,(H2,15,16,17,18). The quantitative estimate of drug-likeness (QED) is 0.818. The number of benzene rings is 1. The lowest BCUT2D eigenvalue weighted by molar-refractivity contribution is -0.124. The molecule has 5 nitrogen and oxygen atoms in total. The molecule has 20 heavy (non-hydrogen) atoms. The first-order chi connectivity index (χ1) is 9.51. The highest BCUT2D eigenvalue weighted by Crippen LogP contribution is 2.43. The summed E-state index contributed by atoms with van der Waals surface area (Å²) in [6, 6.07) is 5.30. The molecular formula is C14H16N2O3S. The molecule has 1 saturated heterocycles. The SMILES string of the molecule is CC(C)Oc1ccc2c(c1)C1(CCS2)NC(=O)NC1=O. The molecule has 3 rings (SSSR count). The second-order valence-electron chi connectivity index (χ2n) is 5.24. The van der Waals surface area contributed by atoms with Crippen molar-refractivity contribution in [2.45, 2.75) is 36.8 Å². The van der Waals surface area contributed by atoms with Crippen molar-refractivity contribution in [1.82, 2.24) is 10.6 Å². The maximum Gasteiger partial charge on any atom is 0.322 e. The minimum absolute atomic E-state index is 0.0623. The normalized spacial score (nSPS) is 24.6. The van der Waals surface area contributed by atoms with Gasteiger partial charge in [-0.15, -0.1) is 11.8 Å². The molecule has 2 N–H and O–H groups in total. The Morgan fingerprint density at radius 3 is 2.80 bits per heavy atom. The Hall–Kier alpha value is -1.69. The summed E-state index contributed by atoms with van der Waals surface area (Å²) in [6.45, 7) is 3.90. The molecule has 2 aliphatic rings. The number of urea groups is 1. The highest BCUT2D eigenvalue weighted by Gasteiger charge is 2.50. The number of carbonyl (C=O) groups is 2. The van der Waals surface area contributed by atoms with Crippen molar-refractivity contribution < 1.29 is 14.3 Å². The Kier molecular flexibility index (Phi) is 3.12. The molecule has 2 aliphatic heterocycles. The summed E-state index contributed by atoms with van der Waals surface area (Å²) in [5.74, 6) is 1.24. The van der Waals surface area contributed by atoms with Crippen LogP contribution in [0.4, 0.5) is 4.79 Å². The van der Waals surface area contributed by atoms with Crippen LogP contribution in [0.15, 0.2) is 23.1 Å². The van der Waals surface area contributed by atoms with Gasteiger partial charge in [0.1, 0.15) is 11.3 Å². The van der Waals surface area contributed by atoms with Gasteiger partial charge in [-0.25, -0.2) is 4.79 Å². The van der Waals surface area contributed by atoms with E-state index in [0.29, 0.717) is 6.42 Å². The number of fused-ring (bicyclic) bond motifs is 2. The Morgan fingerprint density at radius 2 is 2.15 bits per heavy atom. The molecule has 106 valence electrons. The number of carbonyl (C=O) groups excluding carboxylic acids is 2. The Balaban J connectivity index is 2.07.